The minimum atomic E-state index is -2.76. The van der Waals surface area contributed by atoms with Gasteiger partial charge in [-0.15, -0.1) is 19.7 Å². The van der Waals surface area contributed by atoms with Gasteiger partial charge < -0.3 is 67.9 Å². The van der Waals surface area contributed by atoms with Gasteiger partial charge in [-0.05, 0) is 30.4 Å². The lowest BCUT2D eigenvalue weighted by Crippen LogP contribution is -2.53. The molecular weight excluding hydrogens is 836 g/mol. The molecule has 358 valence electrons. The van der Waals surface area contributed by atoms with Crippen LogP contribution in [-0.4, -0.2) is 113 Å². The number of allylic oxidation sites excluding steroid dienone is 1. The second kappa shape index (κ2) is 35.0. The maximum atomic E-state index is 12.1. The van der Waals surface area contributed by atoms with E-state index in [0.717, 1.165) is 25.9 Å². The Morgan fingerprint density at radius 3 is 1.49 bits per heavy atom. The van der Waals surface area contributed by atoms with Gasteiger partial charge in [0.05, 0.1) is 12.8 Å². The fourth-order valence-corrected chi connectivity index (χ4v) is 5.34. The summed E-state index contributed by atoms with van der Waals surface area (Å²) in [6.45, 7) is 18.3. The number of hydrogen-bond donors (Lipinski definition) is 13. The first-order valence-electron chi connectivity index (χ1n) is 18.5. The molecule has 0 fully saturated rings. The van der Waals surface area contributed by atoms with Gasteiger partial charge in [0.2, 0.25) is 0 Å². The van der Waals surface area contributed by atoms with E-state index in [0.29, 0.717) is 37.8 Å². The van der Waals surface area contributed by atoms with E-state index in [-0.39, 0.29) is 18.0 Å². The molecule has 24 N–H and O–H groups in total. The van der Waals surface area contributed by atoms with Crippen LogP contribution in [0.1, 0.15) is 49.1 Å². The molecule has 0 spiro atoms. The number of carbonyl (C=O) groups is 6. The summed E-state index contributed by atoms with van der Waals surface area (Å²) in [5.41, 5.74) is 22.5. The number of hydrogen-bond acceptors (Lipinski definition) is 26. The fourth-order valence-electron chi connectivity index (χ4n) is 5.34. The lowest BCUT2D eigenvalue weighted by Gasteiger charge is -2.30. The topological polar surface area (TPSA) is 488 Å². The predicted octanol–water partition coefficient (Wildman–Crippen LogP) is -4.71. The van der Waals surface area contributed by atoms with Crippen LogP contribution in [0, 0.1) is 5.92 Å². The summed E-state index contributed by atoms with van der Waals surface area (Å²) >= 11 is 0. The normalized spacial score (nSPS) is 14.0. The Balaban J connectivity index is -0.000000823. The number of nitrogens with zero attached hydrogens (tertiary/aromatic N) is 1. The molecule has 0 aliphatic rings. The Bertz CT molecular complexity index is 1590. The molecule has 6 atom stereocenters. The van der Waals surface area contributed by atoms with E-state index in [1.165, 1.54) is 30.4 Å². The third kappa shape index (κ3) is 21.9. The van der Waals surface area contributed by atoms with Crippen LogP contribution in [0.5, 0.6) is 0 Å². The van der Waals surface area contributed by atoms with Crippen LogP contribution in [0.25, 0.3) is 6.08 Å². The lowest BCUT2D eigenvalue weighted by atomic mass is 9.79. The first-order valence-corrected chi connectivity index (χ1v) is 18.5. The van der Waals surface area contributed by atoms with Crippen molar-refractivity contribution >= 4 is 41.9 Å². The third-order valence-electron chi connectivity index (χ3n) is 8.53. The van der Waals surface area contributed by atoms with Crippen molar-refractivity contribution in [1.82, 2.24) is 4.90 Å². The summed E-state index contributed by atoms with van der Waals surface area (Å²) in [7, 11) is 0. The van der Waals surface area contributed by atoms with Crippen LogP contribution in [0.15, 0.2) is 68.8 Å². The highest BCUT2D eigenvalue weighted by molar-refractivity contribution is 5.94. The summed E-state index contributed by atoms with van der Waals surface area (Å²) in [6.07, 6.45) is 5.79. The number of nitrogens with two attached hydrogens (primary N) is 11. The number of benzene rings is 1. The molecule has 0 saturated heterocycles. The van der Waals surface area contributed by atoms with Crippen molar-refractivity contribution in [2.24, 2.45) is 70.0 Å². The largest absolute Gasteiger partial charge is 0.377 e. The van der Waals surface area contributed by atoms with Gasteiger partial charge in [-0.3, -0.25) is 14.5 Å². The fraction of sp³-hybridized carbons (Fsp3) is 0.459. The van der Waals surface area contributed by atoms with Crippen LogP contribution in [0.2, 0.25) is 0 Å². The van der Waals surface area contributed by atoms with Gasteiger partial charge in [-0.1, -0.05) is 55.1 Å². The summed E-state index contributed by atoms with van der Waals surface area (Å²) in [6, 6.07) is 6.45. The Hall–Kier alpha value is -5.56. The van der Waals surface area contributed by atoms with Crippen molar-refractivity contribution < 1.29 is 68.0 Å². The van der Waals surface area contributed by atoms with Crippen molar-refractivity contribution in [3.63, 3.8) is 0 Å². The molecule has 0 saturated carbocycles. The predicted molar refractivity (Wildman–Crippen MR) is 228 cm³/mol. The van der Waals surface area contributed by atoms with Gasteiger partial charge in [0.1, 0.15) is 11.8 Å². The molecule has 0 aliphatic heterocycles. The average Bonchev–Trinajstić information content (AvgIpc) is 3.29. The summed E-state index contributed by atoms with van der Waals surface area (Å²) in [5, 5.41) is 20.8. The van der Waals surface area contributed by atoms with E-state index >= 15 is 0 Å². The second-order valence-electron chi connectivity index (χ2n) is 12.8. The van der Waals surface area contributed by atoms with Crippen molar-refractivity contribution in [2.75, 3.05) is 39.3 Å². The molecule has 63 heavy (non-hydrogen) atoms. The third-order valence-corrected chi connectivity index (χ3v) is 8.53. The van der Waals surface area contributed by atoms with E-state index in [9.17, 15) is 39.0 Å². The minimum Gasteiger partial charge on any atom is -0.377 e. The highest BCUT2D eigenvalue weighted by Crippen LogP contribution is 2.34. The van der Waals surface area contributed by atoms with Gasteiger partial charge in [-0.25, -0.2) is 19.2 Å². The van der Waals surface area contributed by atoms with Crippen LogP contribution in [-0.2, 0) is 57.8 Å². The maximum absolute atomic E-state index is 12.1. The average molecular weight is 903 g/mol. The molecule has 26 heteroatoms. The molecule has 1 rings (SSSR count). The summed E-state index contributed by atoms with van der Waals surface area (Å²) < 4.78 is 0. The van der Waals surface area contributed by atoms with Crippen molar-refractivity contribution in [1.29, 1.82) is 0 Å². The van der Waals surface area contributed by atoms with Gasteiger partial charge >= 0.3 is 35.8 Å². The Morgan fingerprint density at radius 2 is 1.13 bits per heavy atom. The Labute approximate surface area is 364 Å². The first kappa shape index (κ1) is 61.7. The Kier molecular flexibility index (Phi) is 34.3. The smallest absolute Gasteiger partial charge is 0.358 e. The van der Waals surface area contributed by atoms with E-state index < -0.39 is 71.7 Å². The van der Waals surface area contributed by atoms with Gasteiger partial charge in [0, 0.05) is 51.4 Å². The minimum absolute atomic E-state index is 0.0978. The zero-order chi connectivity index (χ0) is 49.2. The molecule has 0 radical (unpaired) electrons. The Morgan fingerprint density at radius 1 is 0.651 bits per heavy atom. The molecule has 26 nitrogen and oxygen atoms in total. The number of aliphatic hydroxyl groups is 2. The van der Waals surface area contributed by atoms with Crippen LogP contribution < -0.4 is 64.1 Å². The van der Waals surface area contributed by atoms with Crippen molar-refractivity contribution in [3.8, 4) is 0 Å². The van der Waals surface area contributed by atoms with E-state index in [1.807, 2.05) is 6.08 Å². The lowest BCUT2D eigenvalue weighted by molar-refractivity contribution is -0.187. The molecule has 6 unspecified atom stereocenters. The van der Waals surface area contributed by atoms with Crippen molar-refractivity contribution in [3.05, 3.63) is 79.9 Å². The highest BCUT2D eigenvalue weighted by Gasteiger charge is 2.53. The SMILES string of the molecule is C=CCC(C(=O)ON)C(O)(CC(=O)ON)C(=O)ON.C=CCC(CN)N(CCN)CCN.C=CCC(N)CN.C=Cc1cccc(C(C(=O)ON)C(O)(CC(=O)ON)C(=O)ON)c1. The monoisotopic (exact) mass is 902 g/mol. The maximum Gasteiger partial charge on any atom is 0.358 e. The number of rotatable bonds is 25. The van der Waals surface area contributed by atoms with E-state index in [1.54, 1.807) is 12.1 Å². The molecule has 0 amide bonds. The quantitative estimate of drug-likeness (QED) is 0.0324. The molecule has 1 aromatic carbocycles. The van der Waals surface area contributed by atoms with E-state index in [4.69, 9.17) is 46.4 Å². The zero-order valence-electron chi connectivity index (χ0n) is 35.1. The van der Waals surface area contributed by atoms with Gasteiger partial charge in [0.25, 0.3) is 0 Å². The van der Waals surface area contributed by atoms with Crippen molar-refractivity contribution in [2.45, 2.75) is 61.3 Å². The second-order valence-corrected chi connectivity index (χ2v) is 12.8. The molecule has 0 aromatic heterocycles. The van der Waals surface area contributed by atoms with Gasteiger partial charge in [0.15, 0.2) is 11.2 Å². The van der Waals surface area contributed by atoms with Crippen LogP contribution in [0.3, 0.4) is 0 Å². The zero-order valence-corrected chi connectivity index (χ0v) is 35.1. The molecule has 0 heterocycles. The molecule has 0 bridgehead atoms. The standard InChI is InChI=1S/C14H17N3O7.C9H22N4.C9H15N3O7.C5H12N2/c1-2-8-4-3-5-9(6-8)11(12(19)23-16)14(21,13(20)24-17)7-10(18)22-15;1-2-3-9(8-12)13(6-4-10)7-5-11;1-2-3-5(7(14)18-11)9(16,8(15)19-12)4-6(13)17-10;1-2-3-5(7)4-6/h2-6,11,21H,1,7,15-17H2;2,9H,1,3-8,10-12H2;2,5,16H,1,3-4,10-12H2;2,5H,1,3-4,6-7H2. The van der Waals surface area contributed by atoms with Gasteiger partial charge in [-0.2, -0.15) is 35.4 Å². The van der Waals surface area contributed by atoms with Crippen LogP contribution >= 0.6 is 0 Å². The van der Waals surface area contributed by atoms with Crippen LogP contribution in [0.4, 0.5) is 0 Å². The summed E-state index contributed by atoms with van der Waals surface area (Å²) in [4.78, 5) is 95.5. The molecule has 1 aromatic rings. The first-order chi connectivity index (χ1) is 29.8. The number of carbonyl (C=O) groups excluding carboxylic acids is 6. The molecular formula is C37H66N12O14. The summed E-state index contributed by atoms with van der Waals surface area (Å²) in [5.74, 6) is 17.3. The molecule has 0 aliphatic carbocycles. The highest BCUT2D eigenvalue weighted by atomic mass is 16.7. The van der Waals surface area contributed by atoms with E-state index in [2.05, 4.69) is 77.9 Å².